The first-order valence-electron chi connectivity index (χ1n) is 6.84. The van der Waals surface area contributed by atoms with Crippen LogP contribution in [0.4, 0.5) is 10.8 Å². The normalized spacial score (nSPS) is 15.2. The Morgan fingerprint density at radius 3 is 2.85 bits per heavy atom. The minimum atomic E-state index is -0.152. The van der Waals surface area contributed by atoms with Gasteiger partial charge in [-0.1, -0.05) is 13.8 Å². The Balaban J connectivity index is 2.02. The van der Waals surface area contributed by atoms with E-state index in [0.29, 0.717) is 29.6 Å². The highest BCUT2D eigenvalue weighted by atomic mass is 32.1. The maximum atomic E-state index is 12.1. The maximum absolute atomic E-state index is 12.1. The largest absolute Gasteiger partial charge is 0.396 e. The van der Waals surface area contributed by atoms with Crippen LogP contribution in [0.3, 0.4) is 0 Å². The second-order valence-electron chi connectivity index (χ2n) is 6.01. The van der Waals surface area contributed by atoms with E-state index in [-0.39, 0.29) is 23.7 Å². The predicted molar refractivity (Wildman–Crippen MR) is 81.0 cm³/mol. The van der Waals surface area contributed by atoms with Crippen molar-refractivity contribution in [2.24, 2.45) is 5.41 Å². The number of rotatable bonds is 7. The Morgan fingerprint density at radius 2 is 2.25 bits per heavy atom. The lowest BCUT2D eigenvalue weighted by Gasteiger charge is -2.24. The van der Waals surface area contributed by atoms with Gasteiger partial charge in [0, 0.05) is 19.2 Å². The molecule has 1 aromatic heterocycles. The average Bonchev–Trinajstić information content (AvgIpc) is 3.08. The zero-order valence-corrected chi connectivity index (χ0v) is 12.7. The Morgan fingerprint density at radius 1 is 1.55 bits per heavy atom. The molecule has 0 radical (unpaired) electrons. The summed E-state index contributed by atoms with van der Waals surface area (Å²) in [4.78, 5) is 12.1. The fourth-order valence-corrected chi connectivity index (χ4v) is 2.54. The van der Waals surface area contributed by atoms with E-state index >= 15 is 0 Å². The number of nitrogens with zero attached hydrogens (tertiary/aromatic N) is 1. The second-order valence-corrected chi connectivity index (χ2v) is 6.78. The van der Waals surface area contributed by atoms with Crippen molar-refractivity contribution in [3.8, 4) is 0 Å². The quantitative estimate of drug-likeness (QED) is 0.610. The molecule has 1 aromatic rings. The van der Waals surface area contributed by atoms with Crippen molar-refractivity contribution in [3.63, 3.8) is 0 Å². The summed E-state index contributed by atoms with van der Waals surface area (Å²) < 4.78 is 4.06. The van der Waals surface area contributed by atoms with Crippen LogP contribution in [0.25, 0.3) is 0 Å². The number of carbonyl (C=O) groups excluding carboxylic acids is 1. The third kappa shape index (κ3) is 3.83. The molecule has 1 fully saturated rings. The third-order valence-corrected chi connectivity index (χ3v) is 4.19. The number of aliphatic hydroxyl groups is 1. The fourth-order valence-electron chi connectivity index (χ4n) is 1.84. The highest BCUT2D eigenvalue weighted by Crippen LogP contribution is 2.30. The van der Waals surface area contributed by atoms with Crippen LogP contribution in [-0.2, 0) is 0 Å². The van der Waals surface area contributed by atoms with Gasteiger partial charge in [-0.05, 0) is 36.2 Å². The van der Waals surface area contributed by atoms with Gasteiger partial charge in [0.25, 0.3) is 5.91 Å². The van der Waals surface area contributed by atoms with Gasteiger partial charge in [-0.2, -0.15) is 4.37 Å². The summed E-state index contributed by atoms with van der Waals surface area (Å²) in [6, 6.07) is 0.292. The molecule has 5 N–H and O–H groups in total. The van der Waals surface area contributed by atoms with Crippen molar-refractivity contribution in [3.05, 3.63) is 5.56 Å². The molecule has 1 amide bonds. The Bertz CT molecular complexity index is 483. The van der Waals surface area contributed by atoms with Crippen LogP contribution in [0.5, 0.6) is 0 Å². The Labute approximate surface area is 122 Å². The molecular formula is C13H22N4O2S. The molecule has 6 nitrogen and oxygen atoms in total. The molecular weight excluding hydrogens is 276 g/mol. The van der Waals surface area contributed by atoms with Gasteiger partial charge in [0.05, 0.1) is 0 Å². The molecule has 1 aliphatic rings. The molecule has 112 valence electrons. The molecule has 7 heteroatoms. The van der Waals surface area contributed by atoms with E-state index in [1.807, 2.05) is 0 Å². The monoisotopic (exact) mass is 298 g/mol. The second kappa shape index (κ2) is 5.97. The van der Waals surface area contributed by atoms with Crippen LogP contribution in [0.1, 0.15) is 43.5 Å². The molecule has 1 aliphatic carbocycles. The van der Waals surface area contributed by atoms with Crippen LogP contribution in [-0.4, -0.2) is 34.6 Å². The van der Waals surface area contributed by atoms with Gasteiger partial charge < -0.3 is 21.5 Å². The summed E-state index contributed by atoms with van der Waals surface area (Å²) in [5.41, 5.74) is 6.18. The standard InChI is InChI=1S/C13H22N4O2S/c1-13(2,5-6-18)7-15-12-9(10(14)17-20-12)11(19)16-8-3-4-8/h8,15,18H,3-7H2,1-2H3,(H2,14,17)(H,16,19). The molecule has 0 saturated heterocycles. The van der Waals surface area contributed by atoms with Crippen LogP contribution < -0.4 is 16.4 Å². The van der Waals surface area contributed by atoms with E-state index in [1.165, 1.54) is 11.5 Å². The molecule has 0 aliphatic heterocycles. The number of nitrogens with two attached hydrogens (primary N) is 1. The van der Waals surface area contributed by atoms with Crippen LogP contribution in [0, 0.1) is 5.41 Å². The average molecular weight is 298 g/mol. The zero-order valence-electron chi connectivity index (χ0n) is 11.9. The van der Waals surface area contributed by atoms with Crippen molar-refractivity contribution in [2.45, 2.75) is 39.2 Å². The molecule has 2 rings (SSSR count). The number of aromatic nitrogens is 1. The van der Waals surface area contributed by atoms with Crippen molar-refractivity contribution >= 4 is 28.3 Å². The highest BCUT2D eigenvalue weighted by molar-refractivity contribution is 7.11. The van der Waals surface area contributed by atoms with E-state index in [2.05, 4.69) is 28.9 Å². The van der Waals surface area contributed by atoms with Gasteiger partial charge in [-0.3, -0.25) is 4.79 Å². The minimum Gasteiger partial charge on any atom is -0.396 e. The first-order valence-corrected chi connectivity index (χ1v) is 7.61. The topological polar surface area (TPSA) is 100 Å². The smallest absolute Gasteiger partial charge is 0.258 e. The lowest BCUT2D eigenvalue weighted by atomic mass is 9.90. The molecule has 1 saturated carbocycles. The van der Waals surface area contributed by atoms with Crippen LogP contribution in [0.2, 0.25) is 0 Å². The number of nitrogen functional groups attached to an aromatic ring is 1. The van der Waals surface area contributed by atoms with E-state index in [0.717, 1.165) is 12.8 Å². The van der Waals surface area contributed by atoms with Crippen molar-refractivity contribution < 1.29 is 9.90 Å². The van der Waals surface area contributed by atoms with Gasteiger partial charge in [-0.25, -0.2) is 0 Å². The van der Waals surface area contributed by atoms with Crippen molar-refractivity contribution in [2.75, 3.05) is 24.2 Å². The number of anilines is 2. The lowest BCUT2D eigenvalue weighted by molar-refractivity contribution is 0.0953. The van der Waals surface area contributed by atoms with Gasteiger partial charge in [0.1, 0.15) is 10.6 Å². The summed E-state index contributed by atoms with van der Waals surface area (Å²) in [6.07, 6.45) is 2.77. The zero-order chi connectivity index (χ0) is 14.8. The van der Waals surface area contributed by atoms with Gasteiger partial charge >= 0.3 is 0 Å². The maximum Gasteiger partial charge on any atom is 0.258 e. The van der Waals surface area contributed by atoms with Gasteiger partial charge in [0.15, 0.2) is 5.82 Å². The molecule has 20 heavy (non-hydrogen) atoms. The number of nitrogens with one attached hydrogen (secondary N) is 2. The van der Waals surface area contributed by atoms with Crippen LogP contribution >= 0.6 is 11.5 Å². The minimum absolute atomic E-state index is 0.0578. The Hall–Kier alpha value is -1.34. The van der Waals surface area contributed by atoms with E-state index in [9.17, 15) is 4.79 Å². The number of hydrogen-bond acceptors (Lipinski definition) is 6. The number of carbonyl (C=O) groups is 1. The molecule has 0 atom stereocenters. The predicted octanol–water partition coefficient (Wildman–Crippen LogP) is 1.44. The third-order valence-electron chi connectivity index (χ3n) is 3.37. The van der Waals surface area contributed by atoms with Crippen molar-refractivity contribution in [1.82, 2.24) is 9.69 Å². The number of amides is 1. The molecule has 0 bridgehead atoms. The Kier molecular flexibility index (Phi) is 4.49. The van der Waals surface area contributed by atoms with E-state index < -0.39 is 0 Å². The molecule has 0 unspecified atom stereocenters. The van der Waals surface area contributed by atoms with E-state index in [4.69, 9.17) is 10.8 Å². The number of hydrogen-bond donors (Lipinski definition) is 4. The van der Waals surface area contributed by atoms with Gasteiger partial charge in [-0.15, -0.1) is 0 Å². The van der Waals surface area contributed by atoms with E-state index in [1.54, 1.807) is 0 Å². The van der Waals surface area contributed by atoms with Gasteiger partial charge in [0.2, 0.25) is 0 Å². The molecule has 0 aromatic carbocycles. The summed E-state index contributed by atoms with van der Waals surface area (Å²) in [6.45, 7) is 4.92. The highest BCUT2D eigenvalue weighted by Gasteiger charge is 2.28. The molecule has 1 heterocycles. The lowest BCUT2D eigenvalue weighted by Crippen LogP contribution is -2.28. The van der Waals surface area contributed by atoms with Crippen LogP contribution in [0.15, 0.2) is 0 Å². The summed E-state index contributed by atoms with van der Waals surface area (Å²) >= 11 is 1.20. The summed E-state index contributed by atoms with van der Waals surface area (Å²) in [7, 11) is 0. The summed E-state index contributed by atoms with van der Waals surface area (Å²) in [5, 5.41) is 15.9. The molecule has 0 spiro atoms. The first-order chi connectivity index (χ1) is 9.43. The first kappa shape index (κ1) is 15.1. The fraction of sp³-hybridized carbons (Fsp3) is 0.692. The van der Waals surface area contributed by atoms with Crippen molar-refractivity contribution in [1.29, 1.82) is 0 Å². The number of aliphatic hydroxyl groups excluding tert-OH is 1. The summed E-state index contributed by atoms with van der Waals surface area (Å²) in [5.74, 6) is 0.122. The SMILES string of the molecule is CC(C)(CCO)CNc1snc(N)c1C(=O)NC1CC1.